The number of amides is 1. The van der Waals surface area contributed by atoms with Crippen molar-refractivity contribution in [2.24, 2.45) is 0 Å². The Bertz CT molecular complexity index is 794. The molecule has 0 aromatic carbocycles. The largest absolute Gasteiger partial charge is 0.444 e. The zero-order valence-corrected chi connectivity index (χ0v) is 16.7. The number of pyridine rings is 1. The molecule has 0 radical (unpaired) electrons. The van der Waals surface area contributed by atoms with E-state index in [4.69, 9.17) is 25.8 Å². The third-order valence-electron chi connectivity index (χ3n) is 4.11. The number of aromatic nitrogens is 2. The zero-order chi connectivity index (χ0) is 19.4. The van der Waals surface area contributed by atoms with Crippen LogP contribution in [0.2, 0.25) is 5.02 Å². The topological polar surface area (TPSA) is 74.1 Å². The van der Waals surface area contributed by atoms with E-state index in [9.17, 15) is 4.79 Å². The molecule has 27 heavy (non-hydrogen) atoms. The molecule has 0 aliphatic carbocycles. The normalized spacial score (nSPS) is 17.9. The maximum atomic E-state index is 12.0. The van der Waals surface area contributed by atoms with Gasteiger partial charge >= 0.3 is 6.09 Å². The molecule has 2 aromatic rings. The maximum absolute atomic E-state index is 12.0. The smallest absolute Gasteiger partial charge is 0.407 e. The van der Waals surface area contributed by atoms with Gasteiger partial charge in [-0.05, 0) is 46.1 Å². The molecular formula is C19H26ClN3O4. The Morgan fingerprint density at radius 2 is 2.26 bits per heavy atom. The number of imidazole rings is 1. The Kier molecular flexibility index (Phi) is 6.24. The summed E-state index contributed by atoms with van der Waals surface area (Å²) in [6.45, 7) is 6.76. The van der Waals surface area contributed by atoms with Gasteiger partial charge in [0.1, 0.15) is 11.2 Å². The lowest BCUT2D eigenvalue weighted by molar-refractivity contribution is -0.169. The molecule has 1 fully saturated rings. The number of ether oxygens (including phenoxy) is 3. The van der Waals surface area contributed by atoms with E-state index in [1.165, 1.54) is 0 Å². The van der Waals surface area contributed by atoms with Crippen LogP contribution in [0.1, 0.15) is 51.4 Å². The summed E-state index contributed by atoms with van der Waals surface area (Å²) in [6, 6.07) is 3.56. The number of hydrogen-bond donors (Lipinski definition) is 1. The first-order chi connectivity index (χ1) is 12.8. The van der Waals surface area contributed by atoms with Crippen molar-refractivity contribution < 1.29 is 19.0 Å². The van der Waals surface area contributed by atoms with Crippen molar-refractivity contribution in [3.8, 4) is 0 Å². The number of nitrogens with zero attached hydrogens (tertiary/aromatic N) is 2. The number of carbonyl (C=O) groups excluding carboxylic acids is 1. The second-order valence-corrected chi connectivity index (χ2v) is 7.98. The molecule has 1 unspecified atom stereocenters. The Morgan fingerprint density at radius 1 is 1.44 bits per heavy atom. The van der Waals surface area contributed by atoms with Gasteiger partial charge < -0.3 is 23.9 Å². The van der Waals surface area contributed by atoms with Crippen LogP contribution >= 0.6 is 11.6 Å². The molecule has 8 heteroatoms. The number of nitrogens with one attached hydrogen (secondary N) is 1. The summed E-state index contributed by atoms with van der Waals surface area (Å²) < 4.78 is 18.7. The van der Waals surface area contributed by atoms with E-state index < -0.39 is 11.7 Å². The Morgan fingerprint density at radius 3 is 2.96 bits per heavy atom. The molecule has 0 saturated carbocycles. The first-order valence-electron chi connectivity index (χ1n) is 9.17. The van der Waals surface area contributed by atoms with Gasteiger partial charge in [-0.3, -0.25) is 0 Å². The van der Waals surface area contributed by atoms with Crippen LogP contribution in [0.25, 0.3) is 5.65 Å². The van der Waals surface area contributed by atoms with Crippen LogP contribution in [0.3, 0.4) is 0 Å². The summed E-state index contributed by atoms with van der Waals surface area (Å²) >= 11 is 6.08. The lowest BCUT2D eigenvalue weighted by atomic mass is 10.2. The highest BCUT2D eigenvalue weighted by Crippen LogP contribution is 2.20. The van der Waals surface area contributed by atoms with Gasteiger partial charge in [0.25, 0.3) is 0 Å². The highest BCUT2D eigenvalue weighted by molar-refractivity contribution is 6.30. The Labute approximate surface area is 163 Å². The van der Waals surface area contributed by atoms with Crippen molar-refractivity contribution >= 4 is 23.3 Å². The standard InChI is InChI=1S/C19H26ClN3O4/c1-19(2,3)27-18(24)21-11-15-14(12-26-17-6-4-5-9-25-17)22-16-10-13(20)7-8-23(15)16/h7-8,10,17H,4-6,9,11-12H2,1-3H3,(H,21,24). The molecule has 1 aliphatic rings. The van der Waals surface area contributed by atoms with Crippen LogP contribution in [-0.2, 0) is 27.4 Å². The molecule has 2 aromatic heterocycles. The first-order valence-corrected chi connectivity index (χ1v) is 9.55. The van der Waals surface area contributed by atoms with Crippen LogP contribution in [0.15, 0.2) is 18.3 Å². The molecule has 3 rings (SSSR count). The molecule has 7 nitrogen and oxygen atoms in total. The molecule has 0 bridgehead atoms. The lowest BCUT2D eigenvalue weighted by Gasteiger charge is -2.22. The third-order valence-corrected chi connectivity index (χ3v) is 4.35. The molecular weight excluding hydrogens is 370 g/mol. The van der Waals surface area contributed by atoms with Crippen molar-refractivity contribution in [2.45, 2.75) is 65.1 Å². The summed E-state index contributed by atoms with van der Waals surface area (Å²) in [5, 5.41) is 3.38. The fourth-order valence-corrected chi connectivity index (χ4v) is 3.06. The molecule has 148 valence electrons. The fraction of sp³-hybridized carbons (Fsp3) is 0.579. The fourth-order valence-electron chi connectivity index (χ4n) is 2.91. The van der Waals surface area contributed by atoms with E-state index in [0.717, 1.165) is 37.3 Å². The molecule has 0 spiro atoms. The summed E-state index contributed by atoms with van der Waals surface area (Å²) in [7, 11) is 0. The second-order valence-electron chi connectivity index (χ2n) is 7.54. The van der Waals surface area contributed by atoms with E-state index in [1.54, 1.807) is 12.1 Å². The highest BCUT2D eigenvalue weighted by Gasteiger charge is 2.20. The van der Waals surface area contributed by atoms with Gasteiger partial charge in [-0.2, -0.15) is 0 Å². The van der Waals surface area contributed by atoms with Gasteiger partial charge in [0.2, 0.25) is 0 Å². The highest BCUT2D eigenvalue weighted by atomic mass is 35.5. The van der Waals surface area contributed by atoms with E-state index >= 15 is 0 Å². The van der Waals surface area contributed by atoms with Crippen molar-refractivity contribution in [1.29, 1.82) is 0 Å². The second kappa shape index (κ2) is 8.46. The van der Waals surface area contributed by atoms with Crippen molar-refractivity contribution in [2.75, 3.05) is 6.61 Å². The summed E-state index contributed by atoms with van der Waals surface area (Å²) in [5.74, 6) is 0. The molecule has 1 N–H and O–H groups in total. The monoisotopic (exact) mass is 395 g/mol. The van der Waals surface area contributed by atoms with Gasteiger partial charge in [0.05, 0.1) is 24.5 Å². The van der Waals surface area contributed by atoms with Crippen molar-refractivity contribution in [1.82, 2.24) is 14.7 Å². The SMILES string of the molecule is CC(C)(C)OC(=O)NCc1c(COC2CCCCO2)nc2cc(Cl)ccn12. The van der Waals surface area contributed by atoms with Crippen molar-refractivity contribution in [3.05, 3.63) is 34.7 Å². The van der Waals surface area contributed by atoms with Crippen LogP contribution in [0.4, 0.5) is 4.79 Å². The minimum atomic E-state index is -0.554. The van der Waals surface area contributed by atoms with Crippen LogP contribution in [0.5, 0.6) is 0 Å². The molecule has 1 aliphatic heterocycles. The summed E-state index contributed by atoms with van der Waals surface area (Å²) in [4.78, 5) is 16.6. The van der Waals surface area contributed by atoms with Crippen molar-refractivity contribution in [3.63, 3.8) is 0 Å². The Balaban J connectivity index is 1.75. The molecule has 1 amide bonds. The molecule has 1 atom stereocenters. The summed E-state index contributed by atoms with van der Waals surface area (Å²) in [5.41, 5.74) is 1.71. The van der Waals surface area contributed by atoms with Gasteiger partial charge in [0, 0.05) is 23.9 Å². The zero-order valence-electron chi connectivity index (χ0n) is 16.0. The third kappa shape index (κ3) is 5.57. The predicted octanol–water partition coefficient (Wildman–Crippen LogP) is 4.06. The maximum Gasteiger partial charge on any atom is 0.407 e. The lowest BCUT2D eigenvalue weighted by Crippen LogP contribution is -2.32. The Hall–Kier alpha value is -1.83. The number of alkyl carbamates (subject to hydrolysis) is 1. The predicted molar refractivity (Wildman–Crippen MR) is 102 cm³/mol. The number of fused-ring (bicyclic) bond motifs is 1. The molecule has 1 saturated heterocycles. The average molecular weight is 396 g/mol. The number of halogens is 1. The van der Waals surface area contributed by atoms with E-state index in [0.29, 0.717) is 17.3 Å². The van der Waals surface area contributed by atoms with E-state index in [1.807, 2.05) is 31.4 Å². The molecule has 3 heterocycles. The quantitative estimate of drug-likeness (QED) is 0.826. The van der Waals surface area contributed by atoms with Crippen LogP contribution in [-0.4, -0.2) is 34.0 Å². The van der Waals surface area contributed by atoms with E-state index in [2.05, 4.69) is 10.3 Å². The van der Waals surface area contributed by atoms with Gasteiger partial charge in [0.15, 0.2) is 6.29 Å². The first kappa shape index (κ1) is 19.9. The van der Waals surface area contributed by atoms with Gasteiger partial charge in [-0.1, -0.05) is 11.6 Å². The van der Waals surface area contributed by atoms with Gasteiger partial charge in [-0.15, -0.1) is 0 Å². The minimum Gasteiger partial charge on any atom is -0.444 e. The number of rotatable bonds is 5. The number of carbonyl (C=O) groups is 1. The van der Waals surface area contributed by atoms with Crippen LogP contribution < -0.4 is 5.32 Å². The average Bonchev–Trinajstić information content (AvgIpc) is 2.94. The van der Waals surface area contributed by atoms with Gasteiger partial charge in [-0.25, -0.2) is 9.78 Å². The number of hydrogen-bond acceptors (Lipinski definition) is 5. The minimum absolute atomic E-state index is 0.209. The van der Waals surface area contributed by atoms with Crippen LogP contribution in [0, 0.1) is 0 Å². The summed E-state index contributed by atoms with van der Waals surface area (Å²) in [6.07, 6.45) is 4.19. The van der Waals surface area contributed by atoms with E-state index in [-0.39, 0.29) is 12.8 Å².